The minimum Gasteiger partial charge on any atom is -0.297 e. The van der Waals surface area contributed by atoms with Crippen molar-refractivity contribution in [2.45, 2.75) is 37.5 Å². The Morgan fingerprint density at radius 3 is 2.93 bits per heavy atom. The highest BCUT2D eigenvalue weighted by Crippen LogP contribution is 2.18. The fraction of sp³-hybridized carbons (Fsp3) is 0.667. The minimum atomic E-state index is -0.536. The van der Waals surface area contributed by atoms with Gasteiger partial charge in [0.15, 0.2) is 5.16 Å². The number of nitrogens with one attached hydrogen (secondary N) is 2. The van der Waals surface area contributed by atoms with Crippen LogP contribution in [0.25, 0.3) is 0 Å². The summed E-state index contributed by atoms with van der Waals surface area (Å²) in [5, 5.41) is 19.6. The quantitative estimate of drug-likeness (QED) is 0.736. The van der Waals surface area contributed by atoms with E-state index in [0.717, 1.165) is 5.16 Å². The molecule has 1 aromatic rings. The van der Waals surface area contributed by atoms with Gasteiger partial charge in [-0.3, -0.25) is 10.4 Å². The van der Waals surface area contributed by atoms with E-state index in [4.69, 9.17) is 5.26 Å². The van der Waals surface area contributed by atoms with Gasteiger partial charge in [-0.05, 0) is 20.8 Å². The van der Waals surface area contributed by atoms with Gasteiger partial charge in [0.2, 0.25) is 0 Å². The van der Waals surface area contributed by atoms with Crippen molar-refractivity contribution in [1.82, 2.24) is 20.5 Å². The van der Waals surface area contributed by atoms with E-state index in [1.807, 2.05) is 20.8 Å². The lowest BCUT2D eigenvalue weighted by Crippen LogP contribution is -2.47. The maximum atomic E-state index is 9.09. The van der Waals surface area contributed by atoms with Crippen LogP contribution < -0.4 is 5.32 Å². The van der Waals surface area contributed by atoms with Gasteiger partial charge in [0.1, 0.15) is 11.9 Å². The molecule has 0 radical (unpaired) electrons. The van der Waals surface area contributed by atoms with Crippen LogP contribution >= 0.6 is 11.8 Å². The molecule has 0 saturated heterocycles. The van der Waals surface area contributed by atoms with Gasteiger partial charge >= 0.3 is 0 Å². The average molecular weight is 225 g/mol. The molecule has 6 heteroatoms. The highest BCUT2D eigenvalue weighted by Gasteiger charge is 2.24. The van der Waals surface area contributed by atoms with Gasteiger partial charge in [0.25, 0.3) is 0 Å². The number of thioether (sulfide) groups is 1. The standard InChI is InChI=1S/C9H15N5S/c1-7(2)13-9(3,4-10)5-15-8-11-6-12-14-8/h6-7,13H,5H2,1-3H3,(H,11,12,14). The summed E-state index contributed by atoms with van der Waals surface area (Å²) < 4.78 is 0. The molecule has 0 amide bonds. The van der Waals surface area contributed by atoms with Crippen molar-refractivity contribution in [2.75, 3.05) is 5.75 Å². The smallest absolute Gasteiger partial charge is 0.183 e. The van der Waals surface area contributed by atoms with Crippen LogP contribution in [-0.2, 0) is 0 Å². The topological polar surface area (TPSA) is 77.4 Å². The van der Waals surface area contributed by atoms with E-state index >= 15 is 0 Å². The van der Waals surface area contributed by atoms with Crippen molar-refractivity contribution < 1.29 is 0 Å². The average Bonchev–Trinajstić information content (AvgIpc) is 2.66. The van der Waals surface area contributed by atoms with Gasteiger partial charge in [-0.15, -0.1) is 0 Å². The third-order valence-electron chi connectivity index (χ3n) is 1.74. The zero-order valence-electron chi connectivity index (χ0n) is 9.11. The second-order valence-electron chi connectivity index (χ2n) is 3.82. The molecule has 0 fully saturated rings. The van der Waals surface area contributed by atoms with Crippen molar-refractivity contribution in [1.29, 1.82) is 5.26 Å². The first kappa shape index (κ1) is 12.0. The third kappa shape index (κ3) is 3.90. The SMILES string of the molecule is CC(C)NC(C)(C#N)CSc1ncn[nH]1. The normalized spacial score (nSPS) is 14.9. The van der Waals surface area contributed by atoms with Crippen molar-refractivity contribution in [2.24, 2.45) is 0 Å². The predicted octanol–water partition coefficient (Wildman–Crippen LogP) is 1.18. The highest BCUT2D eigenvalue weighted by atomic mass is 32.2. The molecule has 0 bridgehead atoms. The molecule has 82 valence electrons. The monoisotopic (exact) mass is 225 g/mol. The molecule has 1 heterocycles. The molecular formula is C9H15N5S. The van der Waals surface area contributed by atoms with Crippen LogP contribution in [0.2, 0.25) is 0 Å². The molecule has 1 atom stereocenters. The van der Waals surface area contributed by atoms with Crippen LogP contribution in [0, 0.1) is 11.3 Å². The Labute approximate surface area is 93.7 Å². The molecule has 15 heavy (non-hydrogen) atoms. The van der Waals surface area contributed by atoms with Crippen LogP contribution in [0.1, 0.15) is 20.8 Å². The summed E-state index contributed by atoms with van der Waals surface area (Å²) in [7, 11) is 0. The Morgan fingerprint density at radius 2 is 2.47 bits per heavy atom. The van der Waals surface area contributed by atoms with Crippen LogP contribution in [0.3, 0.4) is 0 Å². The molecule has 0 spiro atoms. The second-order valence-corrected chi connectivity index (χ2v) is 4.79. The maximum absolute atomic E-state index is 9.09. The highest BCUT2D eigenvalue weighted by molar-refractivity contribution is 7.99. The van der Waals surface area contributed by atoms with Crippen molar-refractivity contribution in [3.8, 4) is 6.07 Å². The number of hydrogen-bond donors (Lipinski definition) is 2. The molecule has 1 aromatic heterocycles. The second kappa shape index (κ2) is 5.14. The molecule has 0 aliphatic rings. The lowest BCUT2D eigenvalue weighted by molar-refractivity contribution is 0.443. The largest absolute Gasteiger partial charge is 0.297 e. The van der Waals surface area contributed by atoms with E-state index < -0.39 is 5.54 Å². The number of H-pyrrole nitrogens is 1. The number of aromatic amines is 1. The van der Waals surface area contributed by atoms with Gasteiger partial charge < -0.3 is 0 Å². The summed E-state index contributed by atoms with van der Waals surface area (Å²) in [4.78, 5) is 3.99. The first-order valence-electron chi connectivity index (χ1n) is 4.73. The van der Waals surface area contributed by atoms with Crippen molar-refractivity contribution >= 4 is 11.8 Å². The van der Waals surface area contributed by atoms with E-state index in [1.54, 1.807) is 0 Å². The molecule has 5 nitrogen and oxygen atoms in total. The van der Waals surface area contributed by atoms with E-state index in [-0.39, 0.29) is 6.04 Å². The minimum absolute atomic E-state index is 0.282. The fourth-order valence-corrected chi connectivity index (χ4v) is 2.03. The molecule has 0 aromatic carbocycles. The zero-order valence-corrected chi connectivity index (χ0v) is 9.93. The number of nitrogens with zero attached hydrogens (tertiary/aromatic N) is 3. The van der Waals surface area contributed by atoms with Crippen LogP contribution in [0.4, 0.5) is 0 Å². The van der Waals surface area contributed by atoms with Crippen LogP contribution in [-0.4, -0.2) is 32.5 Å². The number of hydrogen-bond acceptors (Lipinski definition) is 5. The predicted molar refractivity (Wildman–Crippen MR) is 59.4 cm³/mol. The Kier molecular flexibility index (Phi) is 4.12. The zero-order chi connectivity index (χ0) is 11.3. The van der Waals surface area contributed by atoms with Gasteiger partial charge in [-0.1, -0.05) is 11.8 Å². The summed E-state index contributed by atoms with van der Waals surface area (Å²) in [6.45, 7) is 5.93. The van der Waals surface area contributed by atoms with E-state index in [9.17, 15) is 0 Å². The summed E-state index contributed by atoms with van der Waals surface area (Å²) in [5.74, 6) is 0.636. The van der Waals surface area contributed by atoms with Gasteiger partial charge in [0, 0.05) is 11.8 Å². The van der Waals surface area contributed by atoms with Crippen molar-refractivity contribution in [3.63, 3.8) is 0 Å². The van der Waals surface area contributed by atoms with Crippen molar-refractivity contribution in [3.05, 3.63) is 6.33 Å². The maximum Gasteiger partial charge on any atom is 0.183 e. The molecule has 0 saturated carbocycles. The Balaban J connectivity index is 2.50. The van der Waals surface area contributed by atoms with E-state index in [1.165, 1.54) is 18.1 Å². The van der Waals surface area contributed by atoms with Crippen LogP contribution in [0.15, 0.2) is 11.5 Å². The Hall–Kier alpha value is -1.06. The Bertz CT molecular complexity index is 329. The third-order valence-corrected chi connectivity index (χ3v) is 2.94. The van der Waals surface area contributed by atoms with Crippen LogP contribution in [0.5, 0.6) is 0 Å². The molecule has 0 aliphatic carbocycles. The van der Waals surface area contributed by atoms with E-state index in [0.29, 0.717) is 5.75 Å². The first-order chi connectivity index (χ1) is 7.06. The summed E-state index contributed by atoms with van der Waals surface area (Å²) >= 11 is 1.49. The van der Waals surface area contributed by atoms with Gasteiger partial charge in [-0.2, -0.15) is 10.4 Å². The number of rotatable bonds is 5. The molecule has 1 unspecified atom stereocenters. The molecular weight excluding hydrogens is 210 g/mol. The van der Waals surface area contributed by atoms with E-state index in [2.05, 4.69) is 26.6 Å². The molecule has 2 N–H and O–H groups in total. The lowest BCUT2D eigenvalue weighted by Gasteiger charge is -2.24. The van der Waals surface area contributed by atoms with Gasteiger partial charge in [-0.25, -0.2) is 4.98 Å². The van der Waals surface area contributed by atoms with Gasteiger partial charge in [0.05, 0.1) is 6.07 Å². The fourth-order valence-electron chi connectivity index (χ4n) is 1.22. The molecule has 0 aliphatic heterocycles. The number of nitriles is 1. The Morgan fingerprint density at radius 1 is 1.73 bits per heavy atom. The summed E-state index contributed by atoms with van der Waals surface area (Å²) in [6.07, 6.45) is 1.46. The summed E-state index contributed by atoms with van der Waals surface area (Å²) in [5.41, 5.74) is -0.536. The lowest BCUT2D eigenvalue weighted by atomic mass is 10.1. The molecule has 1 rings (SSSR count). The first-order valence-corrected chi connectivity index (χ1v) is 5.71. The number of aromatic nitrogens is 3. The summed E-state index contributed by atoms with van der Waals surface area (Å²) in [6, 6.07) is 2.56.